The molecule has 1 aromatic heterocycles. The van der Waals surface area contributed by atoms with E-state index in [2.05, 4.69) is 5.10 Å². The summed E-state index contributed by atoms with van der Waals surface area (Å²) in [6.07, 6.45) is 1.28. The number of alkyl halides is 3. The Bertz CT molecular complexity index is 603. The fourth-order valence-corrected chi connectivity index (χ4v) is 2.18. The largest absolute Gasteiger partial charge is 0.361 e. The highest BCUT2D eigenvalue weighted by atomic mass is 35.5. The predicted octanol–water partition coefficient (Wildman–Crippen LogP) is 2.90. The summed E-state index contributed by atoms with van der Waals surface area (Å²) in [5, 5.41) is 3.72. The van der Waals surface area contributed by atoms with Crippen molar-refractivity contribution in [3.05, 3.63) is 46.6 Å². The van der Waals surface area contributed by atoms with E-state index in [-0.39, 0.29) is 11.9 Å². The van der Waals surface area contributed by atoms with Gasteiger partial charge in [0.25, 0.3) is 0 Å². The molecule has 0 saturated carbocycles. The van der Waals surface area contributed by atoms with Gasteiger partial charge in [0.1, 0.15) is 6.33 Å². The number of hydrogen-bond acceptors (Lipinski definition) is 3. The van der Waals surface area contributed by atoms with Crippen LogP contribution in [0.3, 0.4) is 0 Å². The maximum atomic E-state index is 13.0. The lowest BCUT2D eigenvalue weighted by molar-refractivity contribution is 0.513. The number of hydrogen-bond donors (Lipinski definition) is 0. The second-order valence-electron chi connectivity index (χ2n) is 3.53. The molecule has 0 unspecified atom stereocenters. The van der Waals surface area contributed by atoms with Crippen LogP contribution in [0.5, 0.6) is 0 Å². The van der Waals surface area contributed by atoms with E-state index >= 15 is 0 Å². The Morgan fingerprint density at radius 1 is 1.33 bits per heavy atom. The summed E-state index contributed by atoms with van der Waals surface area (Å²) in [5.74, 6) is 0. The molecular weight excluding hydrogens is 300 g/mol. The summed E-state index contributed by atoms with van der Waals surface area (Å²) in [4.78, 5) is 11.9. The van der Waals surface area contributed by atoms with Crippen molar-refractivity contribution in [1.29, 1.82) is 0 Å². The highest BCUT2D eigenvalue weighted by molar-refractivity contribution is 8.01. The van der Waals surface area contributed by atoms with E-state index in [1.807, 2.05) is 19.1 Å². The van der Waals surface area contributed by atoms with Gasteiger partial charge in [-0.05, 0) is 19.1 Å². The number of halogens is 3. The van der Waals surface area contributed by atoms with Crippen LogP contribution in [0.15, 0.2) is 35.4 Å². The van der Waals surface area contributed by atoms with Crippen molar-refractivity contribution >= 4 is 35.1 Å². The van der Waals surface area contributed by atoms with E-state index in [0.717, 1.165) is 9.65 Å². The number of nitrogens with zero attached hydrogens (tertiary/aromatic N) is 3. The summed E-state index contributed by atoms with van der Waals surface area (Å²) >= 11 is 10.6. The maximum Gasteiger partial charge on any atom is 0.361 e. The number of aryl methyl sites for hydroxylation is 1. The zero-order chi connectivity index (χ0) is 13.3. The standard InChI is InChI=1S/C10H8Cl2FN3OS/c1-7-2-4-8(5-3-7)15-6-14-16(9(15)17)18-10(11,12)13/h2-6H,1H3. The normalized spacial score (nSPS) is 11.8. The van der Waals surface area contributed by atoms with Gasteiger partial charge in [-0.25, -0.2) is 9.36 Å². The first kappa shape index (κ1) is 13.5. The maximum absolute atomic E-state index is 13.0. The minimum absolute atomic E-state index is 0.282. The molecule has 96 valence electrons. The molecule has 18 heavy (non-hydrogen) atoms. The van der Waals surface area contributed by atoms with Crippen molar-refractivity contribution in [2.24, 2.45) is 0 Å². The van der Waals surface area contributed by atoms with Gasteiger partial charge in [-0.2, -0.15) is 4.39 Å². The summed E-state index contributed by atoms with van der Waals surface area (Å²) in [7, 11) is 0. The Morgan fingerprint density at radius 3 is 2.50 bits per heavy atom. The highest BCUT2D eigenvalue weighted by Gasteiger charge is 2.27. The molecule has 0 bridgehead atoms. The number of rotatable bonds is 3. The zero-order valence-corrected chi connectivity index (χ0v) is 11.5. The summed E-state index contributed by atoms with van der Waals surface area (Å²) < 4.78 is 12.5. The van der Waals surface area contributed by atoms with E-state index in [0.29, 0.717) is 5.69 Å². The molecule has 0 radical (unpaired) electrons. The summed E-state index contributed by atoms with van der Waals surface area (Å²) in [5.41, 5.74) is 1.16. The van der Waals surface area contributed by atoms with E-state index in [1.54, 1.807) is 12.1 Å². The smallest absolute Gasteiger partial charge is 0.249 e. The minimum atomic E-state index is -2.60. The Hall–Kier alpha value is -0.980. The average molecular weight is 308 g/mol. The summed E-state index contributed by atoms with van der Waals surface area (Å²) in [6, 6.07) is 7.23. The Balaban J connectivity index is 2.37. The first-order valence-electron chi connectivity index (χ1n) is 4.87. The third-order valence-corrected chi connectivity index (χ3v) is 3.19. The van der Waals surface area contributed by atoms with Gasteiger partial charge in [0.15, 0.2) is 0 Å². The molecule has 0 saturated heterocycles. The van der Waals surface area contributed by atoms with Gasteiger partial charge in [-0.15, -0.1) is 9.19 Å². The zero-order valence-electron chi connectivity index (χ0n) is 9.18. The SMILES string of the molecule is Cc1ccc(-n2cnn(SC(F)(Cl)Cl)c2=O)cc1. The van der Waals surface area contributed by atoms with E-state index in [9.17, 15) is 9.18 Å². The second-order valence-corrected chi connectivity index (χ2v) is 6.30. The Labute approximate surface area is 116 Å². The van der Waals surface area contributed by atoms with Crippen LogP contribution in [0.4, 0.5) is 4.39 Å². The Kier molecular flexibility index (Phi) is 3.70. The van der Waals surface area contributed by atoms with Crippen molar-refractivity contribution in [2.75, 3.05) is 0 Å². The molecule has 2 rings (SSSR count). The van der Waals surface area contributed by atoms with Crippen molar-refractivity contribution in [3.8, 4) is 5.69 Å². The molecule has 0 fully saturated rings. The molecule has 0 spiro atoms. The van der Waals surface area contributed by atoms with E-state index in [1.165, 1.54) is 10.9 Å². The van der Waals surface area contributed by atoms with Crippen LogP contribution in [0.1, 0.15) is 5.56 Å². The summed E-state index contributed by atoms with van der Waals surface area (Å²) in [6.45, 7) is 1.93. The number of benzene rings is 1. The lowest BCUT2D eigenvalue weighted by Crippen LogP contribution is -2.22. The first-order valence-corrected chi connectivity index (χ1v) is 6.40. The molecule has 0 aliphatic rings. The van der Waals surface area contributed by atoms with Gasteiger partial charge in [0.2, 0.25) is 0 Å². The van der Waals surface area contributed by atoms with Crippen molar-refractivity contribution in [3.63, 3.8) is 0 Å². The van der Waals surface area contributed by atoms with Crippen LogP contribution in [0, 0.1) is 6.92 Å². The molecule has 0 aliphatic heterocycles. The first-order chi connectivity index (χ1) is 8.37. The molecule has 4 nitrogen and oxygen atoms in total. The molecule has 0 atom stereocenters. The molecule has 0 aliphatic carbocycles. The molecule has 2 aromatic rings. The molecule has 8 heteroatoms. The fourth-order valence-electron chi connectivity index (χ4n) is 1.33. The third kappa shape index (κ3) is 3.07. The highest BCUT2D eigenvalue weighted by Crippen LogP contribution is 2.35. The van der Waals surface area contributed by atoms with Crippen LogP contribution >= 0.6 is 35.1 Å². The van der Waals surface area contributed by atoms with E-state index < -0.39 is 9.61 Å². The van der Waals surface area contributed by atoms with Gasteiger partial charge in [0.05, 0.1) is 17.6 Å². The minimum Gasteiger partial charge on any atom is -0.249 e. The Morgan fingerprint density at radius 2 is 1.94 bits per heavy atom. The van der Waals surface area contributed by atoms with E-state index in [4.69, 9.17) is 23.2 Å². The average Bonchev–Trinajstić information content (AvgIpc) is 2.60. The van der Waals surface area contributed by atoms with Gasteiger partial charge in [-0.3, -0.25) is 0 Å². The van der Waals surface area contributed by atoms with Crippen LogP contribution in [-0.2, 0) is 0 Å². The lowest BCUT2D eigenvalue weighted by Gasteiger charge is -2.05. The monoisotopic (exact) mass is 307 g/mol. The van der Waals surface area contributed by atoms with Crippen molar-refractivity contribution in [2.45, 2.75) is 10.8 Å². The van der Waals surface area contributed by atoms with Crippen molar-refractivity contribution in [1.82, 2.24) is 13.8 Å². The van der Waals surface area contributed by atoms with Gasteiger partial charge >= 0.3 is 9.61 Å². The molecular formula is C10H8Cl2FN3OS. The third-order valence-electron chi connectivity index (χ3n) is 2.14. The van der Waals surface area contributed by atoms with Crippen LogP contribution in [0.25, 0.3) is 5.69 Å². The fraction of sp³-hybridized carbons (Fsp3) is 0.200. The van der Waals surface area contributed by atoms with Gasteiger partial charge < -0.3 is 0 Å². The quantitative estimate of drug-likeness (QED) is 0.819. The lowest BCUT2D eigenvalue weighted by atomic mass is 10.2. The second kappa shape index (κ2) is 4.95. The topological polar surface area (TPSA) is 39.8 Å². The van der Waals surface area contributed by atoms with Gasteiger partial charge in [0, 0.05) is 0 Å². The number of aromatic nitrogens is 3. The molecule has 0 amide bonds. The van der Waals surface area contributed by atoms with Crippen LogP contribution in [-0.4, -0.2) is 17.7 Å². The van der Waals surface area contributed by atoms with Gasteiger partial charge in [-0.1, -0.05) is 40.9 Å². The van der Waals surface area contributed by atoms with Crippen molar-refractivity contribution < 1.29 is 4.39 Å². The molecule has 0 N–H and O–H groups in total. The predicted molar refractivity (Wildman–Crippen MR) is 71.1 cm³/mol. The van der Waals surface area contributed by atoms with Crippen LogP contribution < -0.4 is 5.69 Å². The molecule has 1 aromatic carbocycles. The molecule has 1 heterocycles. The van der Waals surface area contributed by atoms with Crippen LogP contribution in [0.2, 0.25) is 0 Å².